The van der Waals surface area contributed by atoms with Crippen LogP contribution < -0.4 is 10.6 Å². The molecule has 2 N–H and O–H groups in total. The van der Waals surface area contributed by atoms with Crippen molar-refractivity contribution >= 4 is 11.6 Å². The zero-order valence-corrected chi connectivity index (χ0v) is 8.86. The van der Waals surface area contributed by atoms with Gasteiger partial charge in [0, 0.05) is 18.8 Å². The van der Waals surface area contributed by atoms with Gasteiger partial charge in [-0.15, -0.1) is 0 Å². The predicted molar refractivity (Wildman–Crippen MR) is 59.7 cm³/mol. The maximum atomic E-state index is 11.3. The zero-order chi connectivity index (χ0) is 10.8. The Morgan fingerprint density at radius 2 is 2.53 bits per heavy atom. The highest BCUT2D eigenvalue weighted by atomic mass is 16.1. The minimum Gasteiger partial charge on any atom is -0.370 e. The van der Waals surface area contributed by atoms with Crippen LogP contribution in [0.3, 0.4) is 0 Å². The minimum atomic E-state index is -0.241. The summed E-state index contributed by atoms with van der Waals surface area (Å²) in [5, 5.41) is 0. The van der Waals surface area contributed by atoms with E-state index in [2.05, 4.69) is 17.9 Å². The minimum absolute atomic E-state index is 0.163. The molecule has 1 aliphatic rings. The summed E-state index contributed by atoms with van der Waals surface area (Å²) < 4.78 is 0. The number of hydrogen-bond acceptors (Lipinski definition) is 2. The summed E-state index contributed by atoms with van der Waals surface area (Å²) in [6, 6.07) is 8.77. The first-order valence-corrected chi connectivity index (χ1v) is 5.28. The van der Waals surface area contributed by atoms with E-state index in [1.807, 2.05) is 18.2 Å². The maximum absolute atomic E-state index is 11.3. The summed E-state index contributed by atoms with van der Waals surface area (Å²) in [6.45, 7) is 3.82. The molecule has 0 spiro atoms. The van der Waals surface area contributed by atoms with E-state index in [1.54, 1.807) is 0 Å². The smallest absolute Gasteiger partial charge is 0.226 e. The van der Waals surface area contributed by atoms with Crippen LogP contribution in [-0.2, 0) is 4.79 Å². The Hall–Kier alpha value is -1.51. The van der Waals surface area contributed by atoms with Crippen LogP contribution >= 0.6 is 0 Å². The normalized spacial score (nSPS) is 19.0. The molecule has 1 aromatic carbocycles. The van der Waals surface area contributed by atoms with E-state index in [0.717, 1.165) is 30.8 Å². The first kappa shape index (κ1) is 10.0. The molecule has 1 amide bonds. The monoisotopic (exact) mass is 203 g/mol. The molecule has 2 rings (SSSR count). The van der Waals surface area contributed by atoms with Crippen molar-refractivity contribution in [3.63, 3.8) is 0 Å². The fraction of sp³-hybridized carbons (Fsp3) is 0.417. The highest BCUT2D eigenvalue weighted by Crippen LogP contribution is 2.35. The molecule has 1 aliphatic heterocycles. The molecule has 3 heteroatoms. The van der Waals surface area contributed by atoms with Crippen molar-refractivity contribution in [2.45, 2.75) is 19.3 Å². The molecule has 0 aromatic heterocycles. The van der Waals surface area contributed by atoms with Crippen LogP contribution in [0, 0.1) is 6.07 Å². The van der Waals surface area contributed by atoms with Crippen molar-refractivity contribution in [3.8, 4) is 0 Å². The molecule has 0 fully saturated rings. The average Bonchev–Trinajstić information content (AvgIpc) is 2.59. The van der Waals surface area contributed by atoms with Crippen molar-refractivity contribution in [2.75, 3.05) is 18.0 Å². The number of rotatable bonds is 3. The van der Waals surface area contributed by atoms with E-state index in [9.17, 15) is 4.79 Å². The summed E-state index contributed by atoms with van der Waals surface area (Å²) in [5.74, 6) is -0.404. The number of hydrogen-bond donors (Lipinski definition) is 1. The number of fused-ring (bicyclic) bond motifs is 1. The molecular weight excluding hydrogens is 188 g/mol. The summed E-state index contributed by atoms with van der Waals surface area (Å²) in [7, 11) is 0. The van der Waals surface area contributed by atoms with E-state index in [0.29, 0.717) is 0 Å². The zero-order valence-electron chi connectivity index (χ0n) is 8.86. The van der Waals surface area contributed by atoms with E-state index < -0.39 is 0 Å². The van der Waals surface area contributed by atoms with Crippen molar-refractivity contribution in [1.29, 1.82) is 0 Å². The molecule has 1 aromatic rings. The van der Waals surface area contributed by atoms with Gasteiger partial charge in [-0.3, -0.25) is 4.79 Å². The standard InChI is InChI=1S/C12H15N2O/c1-2-7-14-8-10(12(13)15)9-5-3-4-6-11(9)14/h4-6,10H,2,7-8H2,1H3,(H2,13,15). The maximum Gasteiger partial charge on any atom is 0.226 e. The van der Waals surface area contributed by atoms with Gasteiger partial charge in [-0.2, -0.15) is 0 Å². The number of benzene rings is 1. The van der Waals surface area contributed by atoms with E-state index >= 15 is 0 Å². The van der Waals surface area contributed by atoms with Crippen molar-refractivity contribution in [3.05, 3.63) is 29.8 Å². The van der Waals surface area contributed by atoms with Gasteiger partial charge in [0.1, 0.15) is 0 Å². The second kappa shape index (κ2) is 3.93. The topological polar surface area (TPSA) is 46.3 Å². The third kappa shape index (κ3) is 1.69. The lowest BCUT2D eigenvalue weighted by Gasteiger charge is -2.18. The lowest BCUT2D eigenvalue weighted by molar-refractivity contribution is -0.119. The molecule has 15 heavy (non-hydrogen) atoms. The Morgan fingerprint density at radius 1 is 1.73 bits per heavy atom. The van der Waals surface area contributed by atoms with Crippen LogP contribution in [0.25, 0.3) is 0 Å². The number of anilines is 1. The second-order valence-corrected chi connectivity index (χ2v) is 3.89. The molecule has 0 saturated carbocycles. The van der Waals surface area contributed by atoms with Crippen molar-refractivity contribution < 1.29 is 4.79 Å². The quantitative estimate of drug-likeness (QED) is 0.804. The summed E-state index contributed by atoms with van der Waals surface area (Å²) in [4.78, 5) is 13.5. The molecule has 3 nitrogen and oxygen atoms in total. The number of nitrogens with two attached hydrogens (primary N) is 1. The van der Waals surface area contributed by atoms with E-state index in [1.165, 1.54) is 0 Å². The Kier molecular flexibility index (Phi) is 2.62. The van der Waals surface area contributed by atoms with Gasteiger partial charge in [0.2, 0.25) is 5.91 Å². The summed E-state index contributed by atoms with van der Waals surface area (Å²) >= 11 is 0. The molecule has 1 radical (unpaired) electrons. The molecule has 0 saturated heterocycles. The van der Waals surface area contributed by atoms with Crippen LogP contribution in [0.4, 0.5) is 5.69 Å². The fourth-order valence-electron chi connectivity index (χ4n) is 2.14. The fourth-order valence-corrected chi connectivity index (χ4v) is 2.14. The van der Waals surface area contributed by atoms with Gasteiger partial charge in [-0.05, 0) is 30.2 Å². The second-order valence-electron chi connectivity index (χ2n) is 3.89. The van der Waals surface area contributed by atoms with Crippen LogP contribution in [0.2, 0.25) is 0 Å². The number of amides is 1. The van der Waals surface area contributed by atoms with E-state index in [4.69, 9.17) is 5.73 Å². The third-order valence-corrected chi connectivity index (χ3v) is 2.83. The number of carbonyl (C=O) groups excluding carboxylic acids is 1. The Bertz CT molecular complexity index is 376. The average molecular weight is 203 g/mol. The van der Waals surface area contributed by atoms with Crippen LogP contribution in [0.1, 0.15) is 24.8 Å². The number of primary amides is 1. The Balaban J connectivity index is 2.35. The van der Waals surface area contributed by atoms with E-state index in [-0.39, 0.29) is 11.8 Å². The van der Waals surface area contributed by atoms with Crippen molar-refractivity contribution in [2.24, 2.45) is 5.73 Å². The summed E-state index contributed by atoms with van der Waals surface area (Å²) in [5.41, 5.74) is 7.56. The lowest BCUT2D eigenvalue weighted by atomic mass is 10.0. The van der Waals surface area contributed by atoms with Gasteiger partial charge >= 0.3 is 0 Å². The van der Waals surface area contributed by atoms with Gasteiger partial charge in [-0.25, -0.2) is 0 Å². The Morgan fingerprint density at radius 3 is 3.20 bits per heavy atom. The van der Waals surface area contributed by atoms with Crippen LogP contribution in [-0.4, -0.2) is 19.0 Å². The number of nitrogens with zero attached hydrogens (tertiary/aromatic N) is 1. The summed E-state index contributed by atoms with van der Waals surface area (Å²) in [6.07, 6.45) is 1.07. The first-order chi connectivity index (χ1) is 7.24. The predicted octanol–water partition coefficient (Wildman–Crippen LogP) is 1.29. The molecule has 79 valence electrons. The first-order valence-electron chi connectivity index (χ1n) is 5.28. The highest BCUT2D eigenvalue weighted by molar-refractivity contribution is 5.87. The third-order valence-electron chi connectivity index (χ3n) is 2.83. The van der Waals surface area contributed by atoms with Crippen LogP contribution in [0.5, 0.6) is 0 Å². The molecule has 1 heterocycles. The van der Waals surface area contributed by atoms with Gasteiger partial charge in [0.15, 0.2) is 0 Å². The largest absolute Gasteiger partial charge is 0.370 e. The molecule has 0 aliphatic carbocycles. The van der Waals surface area contributed by atoms with Crippen molar-refractivity contribution in [1.82, 2.24) is 0 Å². The highest BCUT2D eigenvalue weighted by Gasteiger charge is 2.31. The van der Waals surface area contributed by atoms with Gasteiger partial charge in [0.05, 0.1) is 5.92 Å². The molecule has 0 bridgehead atoms. The van der Waals surface area contributed by atoms with Gasteiger partial charge in [0.25, 0.3) is 0 Å². The lowest BCUT2D eigenvalue weighted by Crippen LogP contribution is -2.28. The molecule has 1 unspecified atom stereocenters. The van der Waals surface area contributed by atoms with Gasteiger partial charge in [-0.1, -0.05) is 13.0 Å². The van der Waals surface area contributed by atoms with Gasteiger partial charge < -0.3 is 10.6 Å². The SMILES string of the molecule is CCCN1CC(C(N)=O)c2c[c]ccc21. The number of carbonyl (C=O) groups is 1. The van der Waals surface area contributed by atoms with Crippen LogP contribution in [0.15, 0.2) is 18.2 Å². The molecule has 1 atom stereocenters. The molecular formula is C12H15N2O. The Labute approximate surface area is 89.9 Å².